The molecule has 0 aliphatic rings. The van der Waals surface area contributed by atoms with Crippen molar-refractivity contribution >= 4 is 40.7 Å². The van der Waals surface area contributed by atoms with Crippen molar-refractivity contribution in [2.45, 2.75) is 12.5 Å². The molecule has 9 nitrogen and oxygen atoms in total. The third-order valence-electron chi connectivity index (χ3n) is 3.34. The van der Waals surface area contributed by atoms with Crippen LogP contribution in [0.25, 0.3) is 11.4 Å². The number of nitrogens with two attached hydrogens (primary N) is 1. The Balaban J connectivity index is 1.83. The van der Waals surface area contributed by atoms with Crippen molar-refractivity contribution in [3.63, 3.8) is 0 Å². The molecular weight excluding hydrogens is 376 g/mol. The molecule has 0 aromatic carbocycles. The van der Waals surface area contributed by atoms with Gasteiger partial charge < -0.3 is 11.1 Å². The van der Waals surface area contributed by atoms with Crippen LogP contribution in [0.15, 0.2) is 36.0 Å². The van der Waals surface area contributed by atoms with Crippen LogP contribution in [0.5, 0.6) is 0 Å². The van der Waals surface area contributed by atoms with Crippen LogP contribution < -0.4 is 11.1 Å². The Hall–Kier alpha value is -3.05. The zero-order valence-corrected chi connectivity index (χ0v) is 14.8. The highest BCUT2D eigenvalue weighted by Gasteiger charge is 2.29. The predicted molar refractivity (Wildman–Crippen MR) is 94.4 cm³/mol. The van der Waals surface area contributed by atoms with Crippen molar-refractivity contribution in [2.24, 2.45) is 5.73 Å². The second-order valence-corrected chi connectivity index (χ2v) is 6.57. The van der Waals surface area contributed by atoms with Crippen molar-refractivity contribution < 1.29 is 14.4 Å². The van der Waals surface area contributed by atoms with Gasteiger partial charge in [-0.2, -0.15) is 8.75 Å². The first kappa shape index (κ1) is 17.8. The molecule has 3 N–H and O–H groups in total. The molecule has 11 heteroatoms. The summed E-state index contributed by atoms with van der Waals surface area (Å²) in [5, 5.41) is 4.82. The molecule has 0 radical (unpaired) electrons. The van der Waals surface area contributed by atoms with Crippen LogP contribution in [0, 0.1) is 0 Å². The Morgan fingerprint density at radius 3 is 2.65 bits per heavy atom. The number of hydrogen-bond acceptors (Lipinski definition) is 9. The molecule has 0 bridgehead atoms. The fraction of sp³-hybridized carbons (Fsp3) is 0.133. The molecule has 0 spiro atoms. The zero-order chi connectivity index (χ0) is 18.5. The van der Waals surface area contributed by atoms with E-state index in [1.165, 1.54) is 11.3 Å². The predicted octanol–water partition coefficient (Wildman–Crippen LogP) is 0.452. The van der Waals surface area contributed by atoms with Crippen molar-refractivity contribution in [2.75, 3.05) is 0 Å². The van der Waals surface area contributed by atoms with Crippen LogP contribution in [0.4, 0.5) is 0 Å². The van der Waals surface area contributed by atoms with Gasteiger partial charge in [-0.25, -0.2) is 4.98 Å². The van der Waals surface area contributed by atoms with Gasteiger partial charge in [-0.05, 0) is 12.1 Å². The summed E-state index contributed by atoms with van der Waals surface area (Å²) >= 11 is 2.15. The van der Waals surface area contributed by atoms with Crippen LogP contribution in [-0.2, 0) is 16.0 Å². The number of pyridine rings is 1. The summed E-state index contributed by atoms with van der Waals surface area (Å²) in [6.07, 6.45) is 3.19. The highest BCUT2D eigenvalue weighted by Crippen LogP contribution is 2.19. The van der Waals surface area contributed by atoms with E-state index in [1.807, 2.05) is 0 Å². The topological polar surface area (TPSA) is 141 Å². The quantitative estimate of drug-likeness (QED) is 0.560. The van der Waals surface area contributed by atoms with Crippen LogP contribution in [0.2, 0.25) is 0 Å². The molecule has 3 heterocycles. The number of ketones is 1. The van der Waals surface area contributed by atoms with E-state index >= 15 is 0 Å². The number of amides is 2. The summed E-state index contributed by atoms with van der Waals surface area (Å²) in [5.41, 5.74) is 5.89. The van der Waals surface area contributed by atoms with Gasteiger partial charge in [0.1, 0.15) is 11.7 Å². The fourth-order valence-corrected chi connectivity index (χ4v) is 3.36. The Kier molecular flexibility index (Phi) is 5.39. The lowest BCUT2D eigenvalue weighted by molar-refractivity contribution is -0.137. The standard InChI is InChI=1S/C15H12N6O3S2/c16-14(23)13(22)9(7-10-18-5-6-25-10)19-15(24)12-11(20-26-21-12)8-3-1-2-4-17-8/h1-6,9H,7H2,(H2,16,23)(H,19,24). The molecule has 2 amide bonds. The number of nitrogens with zero attached hydrogens (tertiary/aromatic N) is 4. The van der Waals surface area contributed by atoms with E-state index in [9.17, 15) is 14.4 Å². The number of carbonyl (C=O) groups excluding carboxylic acids is 3. The fourth-order valence-electron chi connectivity index (χ4n) is 2.14. The van der Waals surface area contributed by atoms with E-state index in [0.29, 0.717) is 16.4 Å². The van der Waals surface area contributed by atoms with E-state index < -0.39 is 23.6 Å². The molecule has 3 aromatic rings. The lowest BCUT2D eigenvalue weighted by Crippen LogP contribution is -2.47. The minimum absolute atomic E-state index is 0.0232. The summed E-state index contributed by atoms with van der Waals surface area (Å²) in [6.45, 7) is 0. The maximum Gasteiger partial charge on any atom is 0.287 e. The number of hydrogen-bond donors (Lipinski definition) is 2. The van der Waals surface area contributed by atoms with Crippen LogP contribution in [-0.4, -0.2) is 42.4 Å². The second-order valence-electron chi connectivity index (χ2n) is 5.06. The van der Waals surface area contributed by atoms with Gasteiger partial charge in [0.2, 0.25) is 5.78 Å². The molecule has 132 valence electrons. The molecule has 0 saturated carbocycles. The first-order valence-corrected chi connectivity index (χ1v) is 8.94. The number of thiazole rings is 1. The van der Waals surface area contributed by atoms with Gasteiger partial charge in [0, 0.05) is 24.2 Å². The monoisotopic (exact) mass is 388 g/mol. The second kappa shape index (κ2) is 7.89. The van der Waals surface area contributed by atoms with Gasteiger partial charge in [-0.15, -0.1) is 11.3 Å². The zero-order valence-electron chi connectivity index (χ0n) is 13.2. The summed E-state index contributed by atoms with van der Waals surface area (Å²) < 4.78 is 8.08. The highest BCUT2D eigenvalue weighted by molar-refractivity contribution is 7.09. The van der Waals surface area contributed by atoms with E-state index in [0.717, 1.165) is 11.7 Å². The molecular formula is C15H12N6O3S2. The minimum atomic E-state index is -1.13. The van der Waals surface area contributed by atoms with Gasteiger partial charge in [0.25, 0.3) is 11.8 Å². The van der Waals surface area contributed by atoms with Crippen LogP contribution in [0.1, 0.15) is 15.5 Å². The average Bonchev–Trinajstić information content (AvgIpc) is 3.32. The smallest absolute Gasteiger partial charge is 0.287 e. The Morgan fingerprint density at radius 1 is 1.15 bits per heavy atom. The summed E-state index contributed by atoms with van der Waals surface area (Å²) in [5.74, 6) is -2.68. The lowest BCUT2D eigenvalue weighted by Gasteiger charge is -2.14. The number of Topliss-reactive ketones (excluding diaryl/α,β-unsaturated/α-hetero) is 1. The van der Waals surface area contributed by atoms with Crippen molar-refractivity contribution in [3.05, 3.63) is 46.7 Å². The third-order valence-corrected chi connectivity index (χ3v) is 4.67. The maximum atomic E-state index is 12.6. The molecule has 1 unspecified atom stereocenters. The minimum Gasteiger partial charge on any atom is -0.363 e. The van der Waals surface area contributed by atoms with Crippen molar-refractivity contribution in [1.82, 2.24) is 24.0 Å². The van der Waals surface area contributed by atoms with Crippen LogP contribution in [0.3, 0.4) is 0 Å². The normalized spacial score (nSPS) is 11.7. The largest absolute Gasteiger partial charge is 0.363 e. The van der Waals surface area contributed by atoms with E-state index in [4.69, 9.17) is 5.73 Å². The van der Waals surface area contributed by atoms with Gasteiger partial charge in [-0.3, -0.25) is 19.4 Å². The molecule has 3 rings (SSSR count). The summed E-state index contributed by atoms with van der Waals surface area (Å²) in [4.78, 5) is 44.2. The van der Waals surface area contributed by atoms with E-state index in [1.54, 1.807) is 36.0 Å². The van der Waals surface area contributed by atoms with Crippen LogP contribution >= 0.6 is 23.1 Å². The lowest BCUT2D eigenvalue weighted by atomic mass is 10.1. The Labute approximate surface area is 155 Å². The van der Waals surface area contributed by atoms with E-state index in [2.05, 4.69) is 24.0 Å². The van der Waals surface area contributed by atoms with Gasteiger partial charge in [-0.1, -0.05) is 6.07 Å². The van der Waals surface area contributed by atoms with Crippen molar-refractivity contribution in [1.29, 1.82) is 0 Å². The first-order chi connectivity index (χ1) is 12.6. The summed E-state index contributed by atoms with van der Waals surface area (Å²) in [7, 11) is 0. The highest BCUT2D eigenvalue weighted by atomic mass is 32.1. The maximum absolute atomic E-state index is 12.6. The molecule has 0 saturated heterocycles. The number of carbonyl (C=O) groups is 3. The SMILES string of the molecule is NC(=O)C(=O)C(Cc1nccs1)NC(=O)c1nsnc1-c1ccccn1. The molecule has 0 fully saturated rings. The first-order valence-electron chi connectivity index (χ1n) is 7.33. The Morgan fingerprint density at radius 2 is 2.00 bits per heavy atom. The number of primary amides is 1. The molecule has 1 atom stereocenters. The molecule has 26 heavy (non-hydrogen) atoms. The molecule has 3 aromatic heterocycles. The third kappa shape index (κ3) is 3.95. The van der Waals surface area contributed by atoms with Gasteiger partial charge >= 0.3 is 0 Å². The average molecular weight is 388 g/mol. The van der Waals surface area contributed by atoms with Crippen molar-refractivity contribution in [3.8, 4) is 11.4 Å². The van der Waals surface area contributed by atoms with Gasteiger partial charge in [0.05, 0.1) is 22.4 Å². The molecule has 0 aliphatic carbocycles. The number of aromatic nitrogens is 4. The number of nitrogens with one attached hydrogen (secondary N) is 1. The Bertz CT molecular complexity index is 926. The van der Waals surface area contributed by atoms with E-state index in [-0.39, 0.29) is 12.1 Å². The van der Waals surface area contributed by atoms with Gasteiger partial charge in [0.15, 0.2) is 5.69 Å². The number of rotatable bonds is 7. The summed E-state index contributed by atoms with van der Waals surface area (Å²) in [6, 6.07) is 4.04. The molecule has 0 aliphatic heterocycles.